The van der Waals surface area contributed by atoms with Gasteiger partial charge in [-0.15, -0.1) is 13.2 Å². The Kier molecular flexibility index (Phi) is 8.27. The summed E-state index contributed by atoms with van der Waals surface area (Å²) in [7, 11) is 0. The molecule has 44 heavy (non-hydrogen) atoms. The number of alkyl halides is 3. The minimum atomic E-state index is -4.75. The Hall–Kier alpha value is -4.44. The highest BCUT2D eigenvalue weighted by molar-refractivity contribution is 6.04. The highest BCUT2D eigenvalue weighted by Gasteiger charge is 2.35. The number of benzene rings is 3. The van der Waals surface area contributed by atoms with Crippen LogP contribution < -0.4 is 15.4 Å². The monoisotopic (exact) mass is 601 g/mol. The normalized spacial score (nSPS) is 18.2. The fourth-order valence-corrected chi connectivity index (χ4v) is 6.26. The van der Waals surface area contributed by atoms with Crippen LogP contribution in [0.2, 0.25) is 0 Å². The van der Waals surface area contributed by atoms with E-state index in [0.29, 0.717) is 28.5 Å². The quantitative estimate of drug-likeness (QED) is 0.214. The van der Waals surface area contributed by atoms with E-state index in [4.69, 9.17) is 0 Å². The van der Waals surface area contributed by atoms with Crippen LogP contribution in [0.3, 0.4) is 0 Å². The van der Waals surface area contributed by atoms with Crippen molar-refractivity contribution in [2.45, 2.75) is 46.0 Å². The summed E-state index contributed by atoms with van der Waals surface area (Å²) in [5.74, 6) is 1.51. The summed E-state index contributed by atoms with van der Waals surface area (Å²) in [4.78, 5) is 24.6. The molecule has 2 atom stereocenters. The van der Waals surface area contributed by atoms with Crippen LogP contribution in [0.4, 0.5) is 30.5 Å². The van der Waals surface area contributed by atoms with Crippen molar-refractivity contribution in [2.24, 2.45) is 11.8 Å². The first-order chi connectivity index (χ1) is 21.1. The van der Waals surface area contributed by atoms with Gasteiger partial charge in [0.15, 0.2) is 0 Å². The van der Waals surface area contributed by atoms with Gasteiger partial charge in [-0.25, -0.2) is 9.97 Å². The fraction of sp³-hybridized carbons (Fsp3) is 0.324. The lowest BCUT2D eigenvalue weighted by atomic mass is 10.0. The van der Waals surface area contributed by atoms with E-state index in [0.717, 1.165) is 35.2 Å². The number of anilines is 3. The van der Waals surface area contributed by atoms with Gasteiger partial charge in [-0.3, -0.25) is 9.69 Å². The van der Waals surface area contributed by atoms with Crippen molar-refractivity contribution in [3.63, 3.8) is 0 Å². The average Bonchev–Trinajstić information content (AvgIpc) is 3.58. The second kappa shape index (κ2) is 12.3. The van der Waals surface area contributed by atoms with E-state index in [1.165, 1.54) is 62.2 Å². The summed E-state index contributed by atoms with van der Waals surface area (Å²) in [5.41, 5.74) is 6.17. The van der Waals surface area contributed by atoms with Gasteiger partial charge in [0.2, 0.25) is 5.95 Å². The van der Waals surface area contributed by atoms with Gasteiger partial charge >= 0.3 is 6.36 Å². The van der Waals surface area contributed by atoms with E-state index in [1.54, 1.807) is 30.5 Å². The molecule has 2 N–H and O–H groups in total. The number of hydrogen-bond donors (Lipinski definition) is 2. The number of nitrogens with one attached hydrogen (secondary N) is 2. The number of aromatic nitrogens is 2. The molecule has 4 aromatic rings. The number of fused-ring (bicyclic) bond motifs is 1. The van der Waals surface area contributed by atoms with Gasteiger partial charge < -0.3 is 15.4 Å². The molecule has 10 heteroatoms. The maximum Gasteiger partial charge on any atom is 0.573 e. The summed E-state index contributed by atoms with van der Waals surface area (Å²) in [6.07, 6.45) is 0.956. The molecular weight excluding hydrogens is 567 g/mol. The number of rotatable bonds is 8. The molecule has 1 saturated carbocycles. The van der Waals surface area contributed by atoms with Gasteiger partial charge in [-0.1, -0.05) is 18.6 Å². The molecule has 1 aromatic heterocycles. The Morgan fingerprint density at radius 2 is 1.66 bits per heavy atom. The third-order valence-electron chi connectivity index (χ3n) is 8.49. The molecule has 1 aliphatic heterocycles. The molecule has 6 rings (SSSR count). The second-order valence-electron chi connectivity index (χ2n) is 11.7. The molecule has 3 aromatic carbocycles. The van der Waals surface area contributed by atoms with Crippen molar-refractivity contribution in [3.05, 3.63) is 95.2 Å². The first-order valence-corrected chi connectivity index (χ1v) is 14.8. The van der Waals surface area contributed by atoms with Crippen molar-refractivity contribution in [3.8, 4) is 17.0 Å². The number of carbonyl (C=O) groups excluding carboxylic acids is 1. The standard InChI is InChI=1S/C34H34F3N5O2/c1-21-6-7-23(18-42-19-26-4-3-5-27(26)20-42)16-30(21)40-32(43)25-8-12-28(13-9-25)39-33-38-17-22(2)31(41-33)24-10-14-29(15-11-24)44-34(35,36)37/h6-17,26-27H,3-5,18-20H2,1-2H3,(H,40,43)(H,38,39,41). The van der Waals surface area contributed by atoms with Gasteiger partial charge in [0.05, 0.1) is 5.69 Å². The Morgan fingerprint density at radius 1 is 0.955 bits per heavy atom. The zero-order valence-corrected chi connectivity index (χ0v) is 24.6. The summed E-state index contributed by atoms with van der Waals surface area (Å²) < 4.78 is 41.5. The number of likely N-dealkylation sites (tertiary alicyclic amines) is 1. The van der Waals surface area contributed by atoms with Crippen LogP contribution in [-0.4, -0.2) is 40.2 Å². The number of aryl methyl sites for hydroxylation is 2. The fourth-order valence-electron chi connectivity index (χ4n) is 6.26. The molecule has 2 unspecified atom stereocenters. The number of carbonyl (C=O) groups is 1. The molecule has 1 amide bonds. The second-order valence-corrected chi connectivity index (χ2v) is 11.7. The van der Waals surface area contributed by atoms with E-state index in [-0.39, 0.29) is 11.7 Å². The first kappa shape index (κ1) is 29.6. The third kappa shape index (κ3) is 7.02. The number of nitrogens with zero attached hydrogens (tertiary/aromatic N) is 3. The number of halogens is 3. The predicted molar refractivity (Wildman–Crippen MR) is 164 cm³/mol. The SMILES string of the molecule is Cc1ccc(CN2CC3CCCC3C2)cc1NC(=O)c1ccc(Nc2ncc(C)c(-c3ccc(OC(F)(F)F)cc3)n2)cc1. The lowest BCUT2D eigenvalue weighted by molar-refractivity contribution is -0.274. The minimum Gasteiger partial charge on any atom is -0.406 e. The smallest absolute Gasteiger partial charge is 0.406 e. The highest BCUT2D eigenvalue weighted by Crippen LogP contribution is 2.38. The molecule has 7 nitrogen and oxygen atoms in total. The van der Waals surface area contributed by atoms with Crippen molar-refractivity contribution in [1.29, 1.82) is 0 Å². The lowest BCUT2D eigenvalue weighted by Gasteiger charge is -2.18. The summed E-state index contributed by atoms with van der Waals surface area (Å²) >= 11 is 0. The summed E-state index contributed by atoms with van der Waals surface area (Å²) in [6.45, 7) is 7.05. The Balaban J connectivity index is 1.09. The predicted octanol–water partition coefficient (Wildman–Crippen LogP) is 7.89. The summed E-state index contributed by atoms with van der Waals surface area (Å²) in [6, 6.07) is 18.8. The van der Waals surface area contributed by atoms with Crippen LogP contribution in [0.15, 0.2) is 72.9 Å². The van der Waals surface area contributed by atoms with Gasteiger partial charge in [0.1, 0.15) is 5.75 Å². The van der Waals surface area contributed by atoms with E-state index < -0.39 is 6.36 Å². The lowest BCUT2D eigenvalue weighted by Crippen LogP contribution is -2.21. The molecule has 1 saturated heterocycles. The Bertz CT molecular complexity index is 1630. The first-order valence-electron chi connectivity index (χ1n) is 14.8. The van der Waals surface area contributed by atoms with Crippen molar-refractivity contribution < 1.29 is 22.7 Å². The average molecular weight is 602 g/mol. The Labute approximate surface area is 254 Å². The van der Waals surface area contributed by atoms with Crippen LogP contribution in [0, 0.1) is 25.7 Å². The molecule has 0 spiro atoms. The van der Waals surface area contributed by atoms with Gasteiger partial charge in [-0.05, 0) is 110 Å². The molecule has 2 aliphatic rings. The topological polar surface area (TPSA) is 79.4 Å². The number of amides is 1. The van der Waals surface area contributed by atoms with E-state index in [9.17, 15) is 18.0 Å². The molecule has 2 fully saturated rings. The molecule has 1 aliphatic carbocycles. The van der Waals surface area contributed by atoms with Gasteiger partial charge in [0, 0.05) is 48.3 Å². The van der Waals surface area contributed by atoms with Crippen LogP contribution >= 0.6 is 0 Å². The summed E-state index contributed by atoms with van der Waals surface area (Å²) in [5, 5.41) is 6.21. The number of ether oxygens (including phenoxy) is 1. The van der Waals surface area contributed by atoms with Crippen LogP contribution in [0.1, 0.15) is 46.3 Å². The van der Waals surface area contributed by atoms with E-state index in [2.05, 4.69) is 48.4 Å². The molecule has 0 bridgehead atoms. The zero-order chi connectivity index (χ0) is 30.8. The van der Waals surface area contributed by atoms with Crippen molar-refractivity contribution in [1.82, 2.24) is 14.9 Å². The highest BCUT2D eigenvalue weighted by atomic mass is 19.4. The molecule has 228 valence electrons. The molecular formula is C34H34F3N5O2. The van der Waals surface area contributed by atoms with Gasteiger partial charge in [-0.2, -0.15) is 0 Å². The van der Waals surface area contributed by atoms with Gasteiger partial charge in [0.25, 0.3) is 5.91 Å². The minimum absolute atomic E-state index is 0.195. The molecule has 0 radical (unpaired) electrons. The van der Waals surface area contributed by atoms with Crippen LogP contribution in [0.5, 0.6) is 5.75 Å². The zero-order valence-electron chi connectivity index (χ0n) is 24.6. The van der Waals surface area contributed by atoms with E-state index >= 15 is 0 Å². The van der Waals surface area contributed by atoms with Crippen molar-refractivity contribution in [2.75, 3.05) is 23.7 Å². The molecule has 2 heterocycles. The number of hydrogen-bond acceptors (Lipinski definition) is 6. The Morgan fingerprint density at radius 3 is 2.34 bits per heavy atom. The maximum absolute atomic E-state index is 13.1. The third-order valence-corrected chi connectivity index (χ3v) is 8.49. The van der Waals surface area contributed by atoms with Crippen LogP contribution in [0.25, 0.3) is 11.3 Å². The van der Waals surface area contributed by atoms with E-state index in [1.807, 2.05) is 13.8 Å². The largest absolute Gasteiger partial charge is 0.573 e. The maximum atomic E-state index is 13.1. The van der Waals surface area contributed by atoms with Crippen molar-refractivity contribution >= 4 is 23.2 Å². The van der Waals surface area contributed by atoms with Crippen LogP contribution in [-0.2, 0) is 6.54 Å².